The van der Waals surface area contributed by atoms with Gasteiger partial charge in [-0.2, -0.15) is 11.8 Å². The maximum Gasteiger partial charge on any atom is 0.315 e. The smallest absolute Gasteiger partial charge is 0.315 e. The second kappa shape index (κ2) is 15.0. The topological polar surface area (TPSA) is 121 Å². The number of hydrogen-bond acceptors (Lipinski definition) is 5. The summed E-state index contributed by atoms with van der Waals surface area (Å²) < 4.78 is 6.09. The summed E-state index contributed by atoms with van der Waals surface area (Å²) in [4.78, 5) is 35.9. The summed E-state index contributed by atoms with van der Waals surface area (Å²) in [5.41, 5.74) is -0.716. The number of fused-ring (bicyclic) bond motifs is 1. The highest BCUT2D eigenvalue weighted by atomic mass is 32.2. The molecule has 2 heterocycles. The Morgan fingerprint density at radius 1 is 1.05 bits per heavy atom. The number of rotatable bonds is 17. The van der Waals surface area contributed by atoms with E-state index in [-0.39, 0.29) is 41.2 Å². The van der Waals surface area contributed by atoms with Gasteiger partial charge < -0.3 is 31.3 Å². The Labute approximate surface area is 228 Å². The molecule has 3 atom stereocenters. The van der Waals surface area contributed by atoms with Crippen LogP contribution in [0, 0.1) is 5.92 Å². The Balaban J connectivity index is 1.53. The molecule has 0 bridgehead atoms. The van der Waals surface area contributed by atoms with Crippen LogP contribution in [0.15, 0.2) is 0 Å². The van der Waals surface area contributed by atoms with Gasteiger partial charge in [-0.3, -0.25) is 4.79 Å². The number of hydrogen-bond donors (Lipinski definition) is 5. The van der Waals surface area contributed by atoms with Crippen molar-refractivity contribution in [1.82, 2.24) is 26.6 Å². The van der Waals surface area contributed by atoms with Crippen molar-refractivity contribution in [1.29, 1.82) is 0 Å². The molecule has 0 aromatic carbocycles. The van der Waals surface area contributed by atoms with Gasteiger partial charge in [0.15, 0.2) is 0 Å². The first-order chi connectivity index (χ1) is 17.4. The molecule has 0 aromatic rings. The Kier molecular flexibility index (Phi) is 12.8. The normalized spacial score (nSPS) is 21.4. The molecule has 2 rings (SSSR count). The van der Waals surface area contributed by atoms with E-state index in [0.717, 1.165) is 37.9 Å². The van der Waals surface area contributed by atoms with Crippen LogP contribution >= 0.6 is 11.8 Å². The minimum Gasteiger partial charge on any atom is -0.375 e. The molecule has 5 N–H and O–H groups in total. The van der Waals surface area contributed by atoms with Crippen LogP contribution < -0.4 is 26.6 Å². The van der Waals surface area contributed by atoms with Gasteiger partial charge in [-0.05, 0) is 72.1 Å². The average molecular weight is 542 g/mol. The third-order valence-electron chi connectivity index (χ3n) is 7.03. The Morgan fingerprint density at radius 2 is 1.78 bits per heavy atom. The summed E-state index contributed by atoms with van der Waals surface area (Å²) in [5, 5.41) is 15.4. The molecule has 0 saturated carbocycles. The van der Waals surface area contributed by atoms with Crippen molar-refractivity contribution >= 4 is 29.7 Å². The van der Waals surface area contributed by atoms with Gasteiger partial charge in [-0.25, -0.2) is 9.59 Å². The van der Waals surface area contributed by atoms with Crippen LogP contribution in [0.25, 0.3) is 0 Å². The molecule has 0 aromatic heterocycles. The maximum atomic E-state index is 12.5. The van der Waals surface area contributed by atoms with E-state index in [0.29, 0.717) is 50.1 Å². The van der Waals surface area contributed by atoms with Crippen molar-refractivity contribution in [2.75, 3.05) is 25.4 Å². The molecule has 2 fully saturated rings. The SMILES string of the molecule is CC(C)CCCNC(=O)NCCC(C)(C)OCCC(C)(C)NC(=O)CCCCC1SCC2NC(=O)NC21. The van der Waals surface area contributed by atoms with Gasteiger partial charge in [0, 0.05) is 42.7 Å². The van der Waals surface area contributed by atoms with Gasteiger partial charge in [0.25, 0.3) is 0 Å². The van der Waals surface area contributed by atoms with Gasteiger partial charge >= 0.3 is 12.1 Å². The molecule has 3 unspecified atom stereocenters. The largest absolute Gasteiger partial charge is 0.375 e. The van der Waals surface area contributed by atoms with Crippen molar-refractivity contribution in [3.8, 4) is 0 Å². The molecule has 2 aliphatic heterocycles. The minimum atomic E-state index is -0.365. The van der Waals surface area contributed by atoms with Gasteiger partial charge in [-0.15, -0.1) is 0 Å². The highest BCUT2D eigenvalue weighted by Crippen LogP contribution is 2.33. The second-order valence-corrected chi connectivity index (χ2v) is 13.4. The first kappa shape index (κ1) is 31.5. The number of unbranched alkanes of at least 4 members (excludes halogenated alkanes) is 1. The molecule has 5 amide bonds. The van der Waals surface area contributed by atoms with Gasteiger partial charge in [0.1, 0.15) is 0 Å². The lowest BCUT2D eigenvalue weighted by Gasteiger charge is -2.30. The summed E-state index contributed by atoms with van der Waals surface area (Å²) in [5.74, 6) is 1.68. The molecule has 0 radical (unpaired) electrons. The fourth-order valence-electron chi connectivity index (χ4n) is 4.68. The zero-order valence-electron chi connectivity index (χ0n) is 23.8. The third kappa shape index (κ3) is 12.6. The van der Waals surface area contributed by atoms with Gasteiger partial charge in [0.05, 0.1) is 17.7 Å². The first-order valence-corrected chi connectivity index (χ1v) is 15.1. The molecule has 9 nitrogen and oxygen atoms in total. The summed E-state index contributed by atoms with van der Waals surface area (Å²) in [6.07, 6.45) is 6.87. The Morgan fingerprint density at radius 3 is 2.51 bits per heavy atom. The quantitative estimate of drug-likeness (QED) is 0.141. The summed E-state index contributed by atoms with van der Waals surface area (Å²) >= 11 is 1.91. The molecular weight excluding hydrogens is 490 g/mol. The van der Waals surface area contributed by atoms with Crippen LogP contribution in [0.2, 0.25) is 0 Å². The molecule has 37 heavy (non-hydrogen) atoms. The predicted molar refractivity (Wildman–Crippen MR) is 151 cm³/mol. The third-order valence-corrected chi connectivity index (χ3v) is 8.54. The molecule has 2 aliphatic rings. The standard InChI is InChI=1S/C27H51N5O4S/c1-19(2)10-9-15-28-24(34)29-16-13-27(5,6)36-17-14-26(3,4)32-22(33)12-8-7-11-21-23-20(18-37-21)30-25(35)31-23/h19-21,23H,7-18H2,1-6H3,(H,32,33)(H2,28,29,34)(H2,30,31,35). The van der Waals surface area contributed by atoms with Crippen LogP contribution in [0.3, 0.4) is 0 Å². The number of amides is 5. The van der Waals surface area contributed by atoms with E-state index in [1.807, 2.05) is 39.5 Å². The van der Waals surface area contributed by atoms with Crippen molar-refractivity contribution in [3.63, 3.8) is 0 Å². The van der Waals surface area contributed by atoms with Crippen LogP contribution in [0.4, 0.5) is 9.59 Å². The fraction of sp³-hybridized carbons (Fsp3) is 0.889. The molecule has 0 aliphatic carbocycles. The number of nitrogens with one attached hydrogen (secondary N) is 5. The van der Waals surface area contributed by atoms with Gasteiger partial charge in [0.2, 0.25) is 5.91 Å². The van der Waals surface area contributed by atoms with Crippen molar-refractivity contribution in [2.24, 2.45) is 5.92 Å². The van der Waals surface area contributed by atoms with E-state index >= 15 is 0 Å². The number of thioether (sulfide) groups is 1. The first-order valence-electron chi connectivity index (χ1n) is 14.0. The molecular formula is C27H51N5O4S. The number of urea groups is 2. The van der Waals surface area contributed by atoms with E-state index in [2.05, 4.69) is 40.4 Å². The highest BCUT2D eigenvalue weighted by Gasteiger charge is 2.42. The zero-order chi connectivity index (χ0) is 27.5. The Hall–Kier alpha value is -1.68. The van der Waals surface area contributed by atoms with E-state index in [1.165, 1.54) is 0 Å². The van der Waals surface area contributed by atoms with Crippen molar-refractivity contribution in [3.05, 3.63) is 0 Å². The lowest BCUT2D eigenvalue weighted by molar-refractivity contribution is -0.123. The summed E-state index contributed by atoms with van der Waals surface area (Å²) in [7, 11) is 0. The van der Waals surface area contributed by atoms with Crippen molar-refractivity contribution < 1.29 is 19.1 Å². The minimum absolute atomic E-state index is 0.0544. The lowest BCUT2D eigenvalue weighted by atomic mass is 9.99. The van der Waals surface area contributed by atoms with E-state index in [1.54, 1.807) is 0 Å². The monoisotopic (exact) mass is 541 g/mol. The van der Waals surface area contributed by atoms with Crippen LogP contribution in [0.1, 0.15) is 92.9 Å². The lowest BCUT2D eigenvalue weighted by Crippen LogP contribution is -2.45. The summed E-state index contributed by atoms with van der Waals surface area (Å²) in [6.45, 7) is 14.2. The fourth-order valence-corrected chi connectivity index (χ4v) is 6.23. The second-order valence-electron chi connectivity index (χ2n) is 12.1. The van der Waals surface area contributed by atoms with Crippen molar-refractivity contribution in [2.45, 2.75) is 121 Å². The number of carbonyl (C=O) groups excluding carboxylic acids is 3. The van der Waals surface area contributed by atoms with Crippen LogP contribution in [0.5, 0.6) is 0 Å². The Bertz CT molecular complexity index is 746. The molecule has 10 heteroatoms. The highest BCUT2D eigenvalue weighted by molar-refractivity contribution is 8.00. The maximum absolute atomic E-state index is 12.5. The summed E-state index contributed by atoms with van der Waals surface area (Å²) in [6, 6.07) is 0.291. The van der Waals surface area contributed by atoms with Gasteiger partial charge in [-0.1, -0.05) is 20.3 Å². The molecule has 214 valence electrons. The van der Waals surface area contributed by atoms with Crippen LogP contribution in [-0.4, -0.2) is 71.9 Å². The van der Waals surface area contributed by atoms with E-state index in [4.69, 9.17) is 4.74 Å². The zero-order valence-corrected chi connectivity index (χ0v) is 24.7. The van der Waals surface area contributed by atoms with Crippen LogP contribution in [-0.2, 0) is 9.53 Å². The molecule has 2 saturated heterocycles. The molecule has 0 spiro atoms. The number of ether oxygens (including phenoxy) is 1. The van der Waals surface area contributed by atoms with E-state index < -0.39 is 0 Å². The predicted octanol–water partition coefficient (Wildman–Crippen LogP) is 3.92. The average Bonchev–Trinajstić information content (AvgIpc) is 3.32. The van der Waals surface area contributed by atoms with E-state index in [9.17, 15) is 14.4 Å². The number of carbonyl (C=O) groups is 3.